The summed E-state index contributed by atoms with van der Waals surface area (Å²) >= 11 is 7.89. The normalized spacial score (nSPS) is 12.9. The molecule has 0 bridgehead atoms. The van der Waals surface area contributed by atoms with E-state index in [0.717, 1.165) is 44.9 Å². The zero-order valence-electron chi connectivity index (χ0n) is 17.3. The number of hydrogen-bond acceptors (Lipinski definition) is 7. The lowest BCUT2D eigenvalue weighted by Crippen LogP contribution is -2.13. The molecule has 0 atom stereocenters. The fourth-order valence-corrected chi connectivity index (χ4v) is 4.72. The van der Waals surface area contributed by atoms with Gasteiger partial charge in [0.2, 0.25) is 0 Å². The Kier molecular flexibility index (Phi) is 6.07. The van der Waals surface area contributed by atoms with E-state index in [4.69, 9.17) is 30.2 Å². The van der Waals surface area contributed by atoms with Crippen molar-refractivity contribution < 1.29 is 18.6 Å². The van der Waals surface area contributed by atoms with Crippen LogP contribution < -0.4 is 9.47 Å². The molecule has 2 aromatic heterocycles. The monoisotopic (exact) mass is 469 g/mol. The molecule has 0 unspecified atom stereocenters. The van der Waals surface area contributed by atoms with Crippen LogP contribution in [0.15, 0.2) is 64.4 Å². The second-order valence-electron chi connectivity index (χ2n) is 7.15. The van der Waals surface area contributed by atoms with Crippen LogP contribution in [0.4, 0.5) is 0 Å². The average molecular weight is 470 g/mol. The first-order valence-corrected chi connectivity index (χ1v) is 11.3. The number of thioether (sulfide) groups is 1. The van der Waals surface area contributed by atoms with Crippen LogP contribution in [0.5, 0.6) is 11.5 Å². The number of aromatic nitrogens is 3. The summed E-state index contributed by atoms with van der Waals surface area (Å²) in [5, 5.41) is 10.4. The number of fused-ring (bicyclic) bond motifs is 1. The summed E-state index contributed by atoms with van der Waals surface area (Å²) < 4.78 is 24.0. The van der Waals surface area contributed by atoms with Gasteiger partial charge in [0.25, 0.3) is 0 Å². The van der Waals surface area contributed by atoms with E-state index in [1.54, 1.807) is 25.1 Å². The van der Waals surface area contributed by atoms with E-state index in [1.165, 1.54) is 0 Å². The fraction of sp³-hybridized carbons (Fsp3) is 0.217. The first-order chi connectivity index (χ1) is 15.7. The molecule has 0 aliphatic carbocycles. The number of halogens is 1. The van der Waals surface area contributed by atoms with Crippen LogP contribution >= 0.6 is 23.4 Å². The van der Waals surface area contributed by atoms with E-state index in [1.807, 2.05) is 53.1 Å². The zero-order valence-corrected chi connectivity index (χ0v) is 18.9. The SMILES string of the molecule is COc1ccc(-c2nnc(SCc3cc(Cl)cc4c3OCOC4)n2Cc2ccco2)cc1. The lowest BCUT2D eigenvalue weighted by Gasteiger charge is -2.21. The smallest absolute Gasteiger partial charge is 0.192 e. The van der Waals surface area contributed by atoms with Crippen molar-refractivity contribution in [2.75, 3.05) is 13.9 Å². The van der Waals surface area contributed by atoms with Gasteiger partial charge in [-0.1, -0.05) is 23.4 Å². The van der Waals surface area contributed by atoms with E-state index in [-0.39, 0.29) is 6.79 Å². The summed E-state index contributed by atoms with van der Waals surface area (Å²) in [4.78, 5) is 0. The summed E-state index contributed by atoms with van der Waals surface area (Å²) in [6, 6.07) is 15.4. The third kappa shape index (κ3) is 4.34. The van der Waals surface area contributed by atoms with Crippen molar-refractivity contribution in [2.24, 2.45) is 0 Å². The molecule has 4 aromatic rings. The number of nitrogens with zero attached hydrogens (tertiary/aromatic N) is 3. The Hall–Kier alpha value is -2.94. The van der Waals surface area contributed by atoms with Crippen LogP contribution in [0.1, 0.15) is 16.9 Å². The Labute approximate surface area is 194 Å². The maximum absolute atomic E-state index is 6.32. The molecule has 7 nitrogen and oxygen atoms in total. The topological polar surface area (TPSA) is 71.5 Å². The number of ether oxygens (including phenoxy) is 3. The predicted octanol–water partition coefficient (Wildman–Crippen LogP) is 5.41. The van der Waals surface area contributed by atoms with Gasteiger partial charge in [-0.05, 0) is 48.5 Å². The minimum Gasteiger partial charge on any atom is -0.497 e. The maximum atomic E-state index is 6.32. The highest BCUT2D eigenvalue weighted by atomic mass is 35.5. The van der Waals surface area contributed by atoms with Gasteiger partial charge in [-0.2, -0.15) is 0 Å². The molecule has 0 saturated carbocycles. The van der Waals surface area contributed by atoms with E-state index in [0.29, 0.717) is 23.9 Å². The summed E-state index contributed by atoms with van der Waals surface area (Å²) in [6.07, 6.45) is 1.66. The van der Waals surface area contributed by atoms with E-state index in [9.17, 15) is 0 Å². The summed E-state index contributed by atoms with van der Waals surface area (Å²) in [7, 11) is 1.65. The zero-order chi connectivity index (χ0) is 21.9. The van der Waals surface area contributed by atoms with Crippen LogP contribution in [0.3, 0.4) is 0 Å². The molecule has 0 saturated heterocycles. The van der Waals surface area contributed by atoms with Gasteiger partial charge in [0.05, 0.1) is 26.5 Å². The highest BCUT2D eigenvalue weighted by molar-refractivity contribution is 7.98. The van der Waals surface area contributed by atoms with Gasteiger partial charge in [-0.15, -0.1) is 10.2 Å². The van der Waals surface area contributed by atoms with Gasteiger partial charge in [-0.3, -0.25) is 4.57 Å². The first-order valence-electron chi connectivity index (χ1n) is 9.96. The van der Waals surface area contributed by atoms with Crippen LogP contribution in [0, 0.1) is 0 Å². The van der Waals surface area contributed by atoms with Crippen molar-refractivity contribution in [3.63, 3.8) is 0 Å². The Bertz CT molecular complexity index is 1210. The molecule has 0 amide bonds. The molecule has 5 rings (SSSR count). The van der Waals surface area contributed by atoms with Crippen molar-refractivity contribution in [1.82, 2.24) is 14.8 Å². The molecule has 3 heterocycles. The molecule has 32 heavy (non-hydrogen) atoms. The van der Waals surface area contributed by atoms with Crippen molar-refractivity contribution in [2.45, 2.75) is 24.1 Å². The Balaban J connectivity index is 1.46. The second kappa shape index (κ2) is 9.28. The van der Waals surface area contributed by atoms with Crippen molar-refractivity contribution in [3.05, 3.63) is 76.7 Å². The van der Waals surface area contributed by atoms with Crippen LogP contribution in [-0.2, 0) is 23.6 Å². The number of rotatable bonds is 7. The van der Waals surface area contributed by atoms with Crippen LogP contribution in [0.2, 0.25) is 5.02 Å². The quantitative estimate of drug-likeness (QED) is 0.335. The molecule has 0 radical (unpaired) electrons. The predicted molar refractivity (Wildman–Crippen MR) is 121 cm³/mol. The second-order valence-corrected chi connectivity index (χ2v) is 8.53. The minimum atomic E-state index is 0.239. The number of hydrogen-bond donors (Lipinski definition) is 0. The molecule has 1 aliphatic heterocycles. The van der Waals surface area contributed by atoms with Crippen LogP contribution in [0.25, 0.3) is 11.4 Å². The summed E-state index contributed by atoms with van der Waals surface area (Å²) in [5.41, 5.74) is 2.90. The Morgan fingerprint density at radius 2 is 2.03 bits per heavy atom. The average Bonchev–Trinajstić information content (AvgIpc) is 3.48. The van der Waals surface area contributed by atoms with E-state index < -0.39 is 0 Å². The molecule has 0 fully saturated rings. The lowest BCUT2D eigenvalue weighted by atomic mass is 10.1. The van der Waals surface area contributed by atoms with Crippen LogP contribution in [-0.4, -0.2) is 28.7 Å². The maximum Gasteiger partial charge on any atom is 0.192 e. The molecule has 0 spiro atoms. The summed E-state index contributed by atoms with van der Waals surface area (Å²) in [5.74, 6) is 3.82. The molecule has 2 aromatic carbocycles. The molecular weight excluding hydrogens is 450 g/mol. The van der Waals surface area contributed by atoms with Gasteiger partial charge in [0, 0.05) is 27.5 Å². The fourth-order valence-electron chi connectivity index (χ4n) is 3.56. The van der Waals surface area contributed by atoms with Crippen molar-refractivity contribution in [1.29, 1.82) is 0 Å². The first kappa shape index (κ1) is 20.9. The highest BCUT2D eigenvalue weighted by Crippen LogP contribution is 2.36. The van der Waals surface area contributed by atoms with E-state index >= 15 is 0 Å². The lowest BCUT2D eigenvalue weighted by molar-refractivity contribution is -0.0168. The third-order valence-electron chi connectivity index (χ3n) is 5.07. The number of furan rings is 1. The number of benzene rings is 2. The van der Waals surface area contributed by atoms with Gasteiger partial charge in [0.1, 0.15) is 17.3 Å². The van der Waals surface area contributed by atoms with Gasteiger partial charge < -0.3 is 18.6 Å². The molecule has 0 N–H and O–H groups in total. The Morgan fingerprint density at radius 1 is 1.16 bits per heavy atom. The molecule has 1 aliphatic rings. The summed E-state index contributed by atoms with van der Waals surface area (Å²) in [6.45, 7) is 1.24. The van der Waals surface area contributed by atoms with E-state index in [2.05, 4.69) is 10.2 Å². The largest absolute Gasteiger partial charge is 0.497 e. The van der Waals surface area contributed by atoms with Crippen molar-refractivity contribution >= 4 is 23.4 Å². The third-order valence-corrected chi connectivity index (χ3v) is 6.30. The highest BCUT2D eigenvalue weighted by Gasteiger charge is 2.20. The van der Waals surface area contributed by atoms with Gasteiger partial charge in [-0.25, -0.2) is 0 Å². The van der Waals surface area contributed by atoms with Crippen molar-refractivity contribution in [3.8, 4) is 22.9 Å². The molecule has 9 heteroatoms. The standard InChI is InChI=1S/C23H20ClN3O4S/c1-28-19-6-4-15(5-7-19)22-25-26-23(27(22)11-20-3-2-8-30-20)32-13-17-10-18(24)9-16-12-29-14-31-21(16)17/h2-10H,11-14H2,1H3. The minimum absolute atomic E-state index is 0.239. The van der Waals surface area contributed by atoms with Gasteiger partial charge >= 0.3 is 0 Å². The number of methoxy groups -OCH3 is 1. The molecule has 164 valence electrons. The Morgan fingerprint density at radius 3 is 2.81 bits per heavy atom. The van der Waals surface area contributed by atoms with Gasteiger partial charge in [0.15, 0.2) is 17.8 Å². The molecular formula is C23H20ClN3O4S.